The van der Waals surface area contributed by atoms with Crippen LogP contribution in [0.15, 0.2) is 42.7 Å². The van der Waals surface area contributed by atoms with Crippen molar-refractivity contribution in [1.82, 2.24) is 19.7 Å². The first-order valence-corrected chi connectivity index (χ1v) is 8.06. The lowest BCUT2D eigenvalue weighted by atomic mass is 10.2. The van der Waals surface area contributed by atoms with Gasteiger partial charge in [-0.2, -0.15) is 8.78 Å². The van der Waals surface area contributed by atoms with Gasteiger partial charge < -0.3 is 15.4 Å². The summed E-state index contributed by atoms with van der Waals surface area (Å²) in [5.41, 5.74) is 2.05. The average Bonchev–Trinajstić information content (AvgIpc) is 3.24. The van der Waals surface area contributed by atoms with Crippen molar-refractivity contribution in [3.8, 4) is 17.1 Å². The molecule has 130 valence electrons. The highest BCUT2D eigenvalue weighted by Crippen LogP contribution is 2.24. The molecule has 0 amide bonds. The molecule has 1 atom stereocenters. The molecule has 2 N–H and O–H groups in total. The standard InChI is InChI=1S/C17H17F2N5O/c18-17(19)25-12-4-5-16-21-9-14(24(16)10-12)13-2-1-3-15(23-13)22-11-6-7-20-8-11/h1-5,9-11,17,20H,6-8H2,(H,22,23). The molecule has 0 spiro atoms. The van der Waals surface area contributed by atoms with E-state index in [0.717, 1.165) is 25.3 Å². The number of halogens is 2. The SMILES string of the molecule is FC(F)Oc1ccc2ncc(-c3cccc(NC4CCNC4)n3)n2c1. The third kappa shape index (κ3) is 3.39. The smallest absolute Gasteiger partial charge is 0.387 e. The van der Waals surface area contributed by atoms with Gasteiger partial charge >= 0.3 is 6.61 Å². The number of nitrogens with zero attached hydrogens (tertiary/aromatic N) is 3. The maximum atomic E-state index is 12.4. The molecule has 0 aromatic carbocycles. The molecule has 1 saturated heterocycles. The molecule has 4 rings (SSSR count). The second-order valence-corrected chi connectivity index (χ2v) is 5.86. The number of alkyl halides is 2. The first-order chi connectivity index (χ1) is 12.2. The normalized spacial score (nSPS) is 17.3. The molecule has 3 aromatic heterocycles. The zero-order valence-corrected chi connectivity index (χ0v) is 13.3. The van der Waals surface area contributed by atoms with Gasteiger partial charge in [0.25, 0.3) is 0 Å². The third-order valence-corrected chi connectivity index (χ3v) is 4.13. The molecule has 4 heterocycles. The average molecular weight is 345 g/mol. The van der Waals surface area contributed by atoms with Crippen molar-refractivity contribution in [2.75, 3.05) is 18.4 Å². The van der Waals surface area contributed by atoms with E-state index in [1.807, 2.05) is 18.2 Å². The molecule has 1 fully saturated rings. The van der Waals surface area contributed by atoms with E-state index < -0.39 is 6.61 Å². The number of nitrogens with one attached hydrogen (secondary N) is 2. The second-order valence-electron chi connectivity index (χ2n) is 5.86. The quantitative estimate of drug-likeness (QED) is 0.744. The zero-order chi connectivity index (χ0) is 17.2. The maximum Gasteiger partial charge on any atom is 0.387 e. The number of hydrogen-bond acceptors (Lipinski definition) is 5. The minimum Gasteiger partial charge on any atom is -0.433 e. The topological polar surface area (TPSA) is 63.5 Å². The van der Waals surface area contributed by atoms with Crippen molar-refractivity contribution in [1.29, 1.82) is 0 Å². The van der Waals surface area contributed by atoms with E-state index in [9.17, 15) is 8.78 Å². The molecule has 1 unspecified atom stereocenters. The summed E-state index contributed by atoms with van der Waals surface area (Å²) in [6.07, 6.45) is 4.22. The molecule has 0 bridgehead atoms. The predicted octanol–water partition coefficient (Wildman–Crippen LogP) is 2.77. The van der Waals surface area contributed by atoms with Gasteiger partial charge in [0, 0.05) is 12.6 Å². The zero-order valence-electron chi connectivity index (χ0n) is 13.3. The minimum atomic E-state index is -2.87. The number of aromatic nitrogens is 3. The van der Waals surface area contributed by atoms with Crippen LogP contribution in [0.25, 0.3) is 17.0 Å². The van der Waals surface area contributed by atoms with Gasteiger partial charge in [0.05, 0.1) is 23.8 Å². The van der Waals surface area contributed by atoms with Crippen LogP contribution < -0.4 is 15.4 Å². The van der Waals surface area contributed by atoms with Gasteiger partial charge in [-0.25, -0.2) is 9.97 Å². The van der Waals surface area contributed by atoms with E-state index in [1.54, 1.807) is 16.7 Å². The number of anilines is 1. The highest BCUT2D eigenvalue weighted by molar-refractivity contribution is 5.62. The Hall–Kier alpha value is -2.74. The van der Waals surface area contributed by atoms with Crippen LogP contribution in [-0.2, 0) is 0 Å². The van der Waals surface area contributed by atoms with E-state index in [1.165, 1.54) is 12.3 Å². The summed E-state index contributed by atoms with van der Waals surface area (Å²) in [7, 11) is 0. The fourth-order valence-corrected chi connectivity index (χ4v) is 2.97. The Labute approximate surface area is 142 Å². The summed E-state index contributed by atoms with van der Waals surface area (Å²) in [6, 6.07) is 9.14. The van der Waals surface area contributed by atoms with Crippen LogP contribution in [0.5, 0.6) is 5.75 Å². The fourth-order valence-electron chi connectivity index (χ4n) is 2.97. The summed E-state index contributed by atoms with van der Waals surface area (Å²) in [5.74, 6) is 0.856. The van der Waals surface area contributed by atoms with Crippen molar-refractivity contribution in [2.24, 2.45) is 0 Å². The molecule has 25 heavy (non-hydrogen) atoms. The Bertz CT molecular complexity index is 876. The summed E-state index contributed by atoms with van der Waals surface area (Å²) in [5, 5.41) is 6.70. The van der Waals surface area contributed by atoms with Crippen LogP contribution in [0.4, 0.5) is 14.6 Å². The molecule has 0 aliphatic carbocycles. The van der Waals surface area contributed by atoms with Gasteiger partial charge in [0.1, 0.15) is 17.2 Å². The largest absolute Gasteiger partial charge is 0.433 e. The summed E-state index contributed by atoms with van der Waals surface area (Å²) in [4.78, 5) is 8.93. The molecular formula is C17H17F2N5O. The van der Waals surface area contributed by atoms with E-state index >= 15 is 0 Å². The Balaban J connectivity index is 1.66. The van der Waals surface area contributed by atoms with Crippen molar-refractivity contribution >= 4 is 11.5 Å². The number of hydrogen-bond donors (Lipinski definition) is 2. The highest BCUT2D eigenvalue weighted by atomic mass is 19.3. The van der Waals surface area contributed by atoms with Crippen molar-refractivity contribution in [2.45, 2.75) is 19.1 Å². The molecular weight excluding hydrogens is 328 g/mol. The molecule has 6 nitrogen and oxygen atoms in total. The van der Waals surface area contributed by atoms with Crippen LogP contribution in [0.1, 0.15) is 6.42 Å². The van der Waals surface area contributed by atoms with Gasteiger partial charge in [-0.3, -0.25) is 4.40 Å². The predicted molar refractivity (Wildman–Crippen MR) is 90.0 cm³/mol. The molecule has 3 aromatic rings. The van der Waals surface area contributed by atoms with Gasteiger partial charge in [-0.15, -0.1) is 0 Å². The summed E-state index contributed by atoms with van der Waals surface area (Å²) < 4.78 is 31.1. The van der Waals surface area contributed by atoms with Crippen LogP contribution in [-0.4, -0.2) is 40.1 Å². The molecule has 0 saturated carbocycles. The van der Waals surface area contributed by atoms with E-state index in [-0.39, 0.29) is 5.75 Å². The monoisotopic (exact) mass is 345 g/mol. The highest BCUT2D eigenvalue weighted by Gasteiger charge is 2.15. The molecule has 0 radical (unpaired) electrons. The van der Waals surface area contributed by atoms with Gasteiger partial charge in [0.2, 0.25) is 0 Å². The number of rotatable bonds is 5. The lowest BCUT2D eigenvalue weighted by Gasteiger charge is -2.13. The van der Waals surface area contributed by atoms with Crippen molar-refractivity contribution in [3.05, 3.63) is 42.7 Å². The second kappa shape index (κ2) is 6.64. The lowest BCUT2D eigenvalue weighted by Crippen LogP contribution is -2.22. The van der Waals surface area contributed by atoms with Gasteiger partial charge in [-0.05, 0) is 37.2 Å². The number of fused-ring (bicyclic) bond motifs is 1. The lowest BCUT2D eigenvalue weighted by molar-refractivity contribution is -0.0501. The number of imidazole rings is 1. The van der Waals surface area contributed by atoms with E-state index in [4.69, 9.17) is 0 Å². The molecule has 8 heteroatoms. The van der Waals surface area contributed by atoms with E-state index in [2.05, 4.69) is 25.3 Å². The van der Waals surface area contributed by atoms with Gasteiger partial charge in [0.15, 0.2) is 0 Å². The van der Waals surface area contributed by atoms with Crippen molar-refractivity contribution in [3.63, 3.8) is 0 Å². The summed E-state index contributed by atoms with van der Waals surface area (Å²) >= 11 is 0. The Morgan fingerprint density at radius 2 is 2.20 bits per heavy atom. The van der Waals surface area contributed by atoms with Crippen LogP contribution in [0.2, 0.25) is 0 Å². The Kier molecular flexibility index (Phi) is 4.19. The Morgan fingerprint density at radius 3 is 3.00 bits per heavy atom. The van der Waals surface area contributed by atoms with Gasteiger partial charge in [-0.1, -0.05) is 6.07 Å². The fraction of sp³-hybridized carbons (Fsp3) is 0.294. The van der Waals surface area contributed by atoms with Crippen LogP contribution >= 0.6 is 0 Å². The maximum absolute atomic E-state index is 12.4. The minimum absolute atomic E-state index is 0.0769. The van der Waals surface area contributed by atoms with Crippen LogP contribution in [0.3, 0.4) is 0 Å². The number of ether oxygens (including phenoxy) is 1. The third-order valence-electron chi connectivity index (χ3n) is 4.13. The van der Waals surface area contributed by atoms with Crippen molar-refractivity contribution < 1.29 is 13.5 Å². The Morgan fingerprint density at radius 1 is 1.28 bits per heavy atom. The molecule has 1 aliphatic heterocycles. The first kappa shape index (κ1) is 15.8. The number of pyridine rings is 2. The summed E-state index contributed by atoms with van der Waals surface area (Å²) in [6.45, 7) is -0.956. The molecule has 1 aliphatic rings. The first-order valence-electron chi connectivity index (χ1n) is 8.06. The van der Waals surface area contributed by atoms with E-state index in [0.29, 0.717) is 23.1 Å². The van der Waals surface area contributed by atoms with Crippen LogP contribution in [0, 0.1) is 0 Å².